The smallest absolute Gasteiger partial charge is 0.408 e. The summed E-state index contributed by atoms with van der Waals surface area (Å²) in [6, 6.07) is 20.2. The molecule has 0 bridgehead atoms. The van der Waals surface area contributed by atoms with E-state index >= 15 is 4.79 Å². The number of nitrogens with one attached hydrogen (secondary N) is 4. The standard InChI is InChI=1S/C45H61N5O7S2/c1-9-30(3)37(50-43(56)57-44(4,5)6)41(54)49-36(26-31-16-12-10-13-17-31)40(53)48-35(24-25-58-8)39(52)45(42(55)47-7,33-18-14-11-15-19-33)38(51)34(46)28-59-27-32-22-20-29(2)21-23-32/h10-23,30,34-37H,9,24-28,46H2,1-8H3,(H,47,55)(H,48,53)(H,49,54)(H,50,56)/t30-,34-,35-,36-,37-,45?/m0/s1. The average Bonchev–Trinajstić information content (AvgIpc) is 3.21. The lowest BCUT2D eigenvalue weighted by molar-refractivity contribution is -0.146. The Hall–Kier alpha value is -4.66. The van der Waals surface area contributed by atoms with Crippen LogP contribution in [-0.4, -0.2) is 90.0 Å². The molecule has 3 rings (SSSR count). The highest BCUT2D eigenvalue weighted by Crippen LogP contribution is 2.32. The monoisotopic (exact) mass is 847 g/mol. The highest BCUT2D eigenvalue weighted by molar-refractivity contribution is 7.98. The van der Waals surface area contributed by atoms with E-state index in [0.29, 0.717) is 23.5 Å². The van der Waals surface area contributed by atoms with Gasteiger partial charge in [-0.05, 0) is 68.7 Å². The van der Waals surface area contributed by atoms with E-state index in [-0.39, 0.29) is 30.1 Å². The van der Waals surface area contributed by atoms with E-state index < -0.39 is 70.6 Å². The van der Waals surface area contributed by atoms with Crippen molar-refractivity contribution in [2.24, 2.45) is 11.7 Å². The fraction of sp³-hybridized carbons (Fsp3) is 0.467. The van der Waals surface area contributed by atoms with Crippen molar-refractivity contribution in [3.63, 3.8) is 0 Å². The van der Waals surface area contributed by atoms with E-state index in [1.54, 1.807) is 70.2 Å². The second-order valence-electron chi connectivity index (χ2n) is 15.6. The van der Waals surface area contributed by atoms with Crippen molar-refractivity contribution in [1.82, 2.24) is 21.3 Å². The van der Waals surface area contributed by atoms with Crippen LogP contribution in [0, 0.1) is 12.8 Å². The molecule has 0 aliphatic carbocycles. The van der Waals surface area contributed by atoms with E-state index in [1.807, 2.05) is 50.4 Å². The van der Waals surface area contributed by atoms with Crippen molar-refractivity contribution in [2.45, 2.75) is 102 Å². The third-order valence-electron chi connectivity index (χ3n) is 9.86. The molecule has 0 aromatic heterocycles. The first-order valence-electron chi connectivity index (χ1n) is 19.9. The first-order chi connectivity index (χ1) is 28.0. The second kappa shape index (κ2) is 23.2. The minimum Gasteiger partial charge on any atom is -0.444 e. The number of aryl methyl sites for hydroxylation is 1. The maximum absolute atomic E-state index is 15.2. The molecule has 0 fully saturated rings. The SMILES string of the molecule is CC[C@H](C)[C@H](NC(=O)OC(C)(C)C)C(=O)N[C@@H](Cc1ccccc1)C(=O)N[C@@H](CCSC)C(=O)C(C(=O)NC)(C(=O)[C@@H](N)CSCc1ccc(C)cc1)c1ccccc1. The van der Waals surface area contributed by atoms with Gasteiger partial charge in [-0.25, -0.2) is 4.79 Å². The summed E-state index contributed by atoms with van der Waals surface area (Å²) in [7, 11) is 1.35. The molecule has 1 unspecified atom stereocenters. The Morgan fingerprint density at radius 1 is 0.780 bits per heavy atom. The Kier molecular flexibility index (Phi) is 19.2. The Labute approximate surface area is 357 Å². The van der Waals surface area contributed by atoms with Gasteiger partial charge in [0.05, 0.1) is 12.1 Å². The molecule has 59 heavy (non-hydrogen) atoms. The maximum atomic E-state index is 15.2. The van der Waals surface area contributed by atoms with Gasteiger partial charge in [-0.3, -0.25) is 24.0 Å². The number of hydrogen-bond donors (Lipinski definition) is 5. The summed E-state index contributed by atoms with van der Waals surface area (Å²) in [5.41, 5.74) is 6.35. The van der Waals surface area contributed by atoms with Crippen LogP contribution in [0.2, 0.25) is 0 Å². The predicted octanol–water partition coefficient (Wildman–Crippen LogP) is 5.28. The van der Waals surface area contributed by atoms with Gasteiger partial charge in [-0.2, -0.15) is 23.5 Å². The zero-order chi connectivity index (χ0) is 43.8. The van der Waals surface area contributed by atoms with E-state index in [1.165, 1.54) is 42.7 Å². The molecule has 0 saturated heterocycles. The number of amides is 4. The van der Waals surface area contributed by atoms with Crippen molar-refractivity contribution < 1.29 is 33.5 Å². The molecule has 0 saturated carbocycles. The van der Waals surface area contributed by atoms with Crippen LogP contribution in [-0.2, 0) is 46.3 Å². The van der Waals surface area contributed by atoms with Gasteiger partial charge in [0.15, 0.2) is 17.0 Å². The van der Waals surface area contributed by atoms with Gasteiger partial charge in [-0.1, -0.05) is 111 Å². The summed E-state index contributed by atoms with van der Waals surface area (Å²) in [5.74, 6) is -3.15. The van der Waals surface area contributed by atoms with Crippen LogP contribution in [0.5, 0.6) is 0 Å². The number of carbonyl (C=O) groups is 6. The number of rotatable bonds is 22. The van der Waals surface area contributed by atoms with Gasteiger partial charge in [-0.15, -0.1) is 0 Å². The Bertz CT molecular complexity index is 1860. The Morgan fingerprint density at radius 3 is 1.93 bits per heavy atom. The normalized spacial score (nSPS) is 14.9. The van der Waals surface area contributed by atoms with E-state index in [0.717, 1.165) is 11.1 Å². The van der Waals surface area contributed by atoms with Gasteiger partial charge >= 0.3 is 6.09 Å². The Morgan fingerprint density at radius 2 is 1.37 bits per heavy atom. The van der Waals surface area contributed by atoms with Crippen LogP contribution in [0.3, 0.4) is 0 Å². The van der Waals surface area contributed by atoms with Crippen LogP contribution >= 0.6 is 23.5 Å². The topological polar surface area (TPSA) is 186 Å². The largest absolute Gasteiger partial charge is 0.444 e. The third-order valence-corrected chi connectivity index (χ3v) is 11.6. The van der Waals surface area contributed by atoms with Crippen molar-refractivity contribution in [2.75, 3.05) is 24.8 Å². The molecular formula is C45H61N5O7S2. The molecule has 0 radical (unpaired) electrons. The molecule has 0 aliphatic rings. The summed E-state index contributed by atoms with van der Waals surface area (Å²) < 4.78 is 5.44. The summed E-state index contributed by atoms with van der Waals surface area (Å²) in [6.07, 6.45) is 1.67. The average molecular weight is 848 g/mol. The predicted molar refractivity (Wildman–Crippen MR) is 237 cm³/mol. The zero-order valence-electron chi connectivity index (χ0n) is 35.5. The number of thioether (sulfide) groups is 2. The summed E-state index contributed by atoms with van der Waals surface area (Å²) >= 11 is 2.83. The Balaban J connectivity index is 2.05. The molecule has 6 N–H and O–H groups in total. The molecule has 4 amide bonds. The number of likely N-dealkylation sites (N-methyl/N-ethyl adjacent to an activating group) is 1. The van der Waals surface area contributed by atoms with Gasteiger partial charge in [0.25, 0.3) is 0 Å². The molecule has 3 aromatic rings. The minimum atomic E-state index is -2.42. The second-order valence-corrected chi connectivity index (χ2v) is 17.6. The number of carbonyl (C=O) groups excluding carboxylic acids is 6. The van der Waals surface area contributed by atoms with Gasteiger partial charge < -0.3 is 31.7 Å². The maximum Gasteiger partial charge on any atom is 0.408 e. The molecule has 0 spiro atoms. The van der Waals surface area contributed by atoms with Crippen LogP contribution < -0.4 is 27.0 Å². The highest BCUT2D eigenvalue weighted by atomic mass is 32.2. The third kappa shape index (κ3) is 14.0. The first-order valence-corrected chi connectivity index (χ1v) is 22.4. The quantitative estimate of drug-likeness (QED) is 0.0834. The lowest BCUT2D eigenvalue weighted by Crippen LogP contribution is -2.65. The van der Waals surface area contributed by atoms with Crippen LogP contribution in [0.25, 0.3) is 0 Å². The highest BCUT2D eigenvalue weighted by Gasteiger charge is 2.57. The zero-order valence-corrected chi connectivity index (χ0v) is 37.1. The van der Waals surface area contributed by atoms with E-state index in [2.05, 4.69) is 21.3 Å². The number of ether oxygens (including phenoxy) is 1. The van der Waals surface area contributed by atoms with Gasteiger partial charge in [0.1, 0.15) is 17.7 Å². The molecule has 0 heterocycles. The molecule has 6 atom stereocenters. The van der Waals surface area contributed by atoms with Crippen LogP contribution in [0.1, 0.15) is 69.7 Å². The van der Waals surface area contributed by atoms with Crippen molar-refractivity contribution in [3.8, 4) is 0 Å². The van der Waals surface area contributed by atoms with Crippen molar-refractivity contribution in [1.29, 1.82) is 0 Å². The number of hydrogen-bond acceptors (Lipinski definition) is 10. The van der Waals surface area contributed by atoms with E-state index in [9.17, 15) is 24.0 Å². The van der Waals surface area contributed by atoms with Crippen molar-refractivity contribution in [3.05, 3.63) is 107 Å². The lowest BCUT2D eigenvalue weighted by atomic mass is 9.68. The number of benzene rings is 3. The molecular weight excluding hydrogens is 787 g/mol. The number of Topliss-reactive ketones (excluding diaryl/α,β-unsaturated/α-hetero) is 2. The van der Waals surface area contributed by atoms with Crippen LogP contribution in [0.4, 0.5) is 4.79 Å². The van der Waals surface area contributed by atoms with E-state index in [4.69, 9.17) is 10.5 Å². The van der Waals surface area contributed by atoms with Gasteiger partial charge in [0.2, 0.25) is 17.7 Å². The van der Waals surface area contributed by atoms with Crippen molar-refractivity contribution >= 4 is 58.9 Å². The van der Waals surface area contributed by atoms with Crippen LogP contribution in [0.15, 0.2) is 84.9 Å². The summed E-state index contributed by atoms with van der Waals surface area (Å²) in [5, 5.41) is 10.9. The fourth-order valence-electron chi connectivity index (χ4n) is 6.47. The molecule has 320 valence electrons. The summed E-state index contributed by atoms with van der Waals surface area (Å²) in [6.45, 7) is 10.8. The molecule has 12 nitrogen and oxygen atoms in total. The molecule has 3 aromatic carbocycles. The number of ketones is 2. The minimum absolute atomic E-state index is 0.0306. The first kappa shape index (κ1) is 48.7. The lowest BCUT2D eigenvalue weighted by Gasteiger charge is -2.35. The summed E-state index contributed by atoms with van der Waals surface area (Å²) in [4.78, 5) is 85.7. The fourth-order valence-corrected chi connectivity index (χ4v) is 7.90. The number of alkyl carbamates (subject to hydrolysis) is 1. The number of nitrogens with two attached hydrogens (primary N) is 1. The molecule has 0 aliphatic heterocycles. The molecule has 14 heteroatoms. The van der Waals surface area contributed by atoms with Gasteiger partial charge in [0, 0.05) is 25.0 Å².